The maximum Gasteiger partial charge on any atom is 0.313 e. The number of hydrogen-bond donors (Lipinski definition) is 2. The number of hydrogen-bond acceptors (Lipinski definition) is 5. The summed E-state index contributed by atoms with van der Waals surface area (Å²) in [5.41, 5.74) is 0.110. The quantitative estimate of drug-likeness (QED) is 0.580. The molecule has 1 heterocycles. The zero-order chi connectivity index (χ0) is 17.7. The van der Waals surface area contributed by atoms with Gasteiger partial charge in [-0.05, 0) is 18.2 Å². The molecule has 24 heavy (non-hydrogen) atoms. The van der Waals surface area contributed by atoms with Crippen LogP contribution in [0, 0.1) is 5.82 Å². The van der Waals surface area contributed by atoms with Crippen LogP contribution in [-0.4, -0.2) is 54.8 Å². The van der Waals surface area contributed by atoms with Gasteiger partial charge < -0.3 is 20.3 Å². The molecule has 1 aromatic rings. The first-order valence-electron chi connectivity index (χ1n) is 7.14. The Labute approximate surface area is 136 Å². The molecular weight excluding hydrogens is 321 g/mol. The molecule has 3 amide bonds. The Balaban J connectivity index is 2.11. The summed E-state index contributed by atoms with van der Waals surface area (Å²) in [6.07, 6.45) is -0.360. The van der Waals surface area contributed by atoms with Crippen LogP contribution < -0.4 is 10.6 Å². The molecule has 2 N–H and O–H groups in total. The molecule has 1 aromatic carbocycles. The molecule has 0 spiro atoms. The summed E-state index contributed by atoms with van der Waals surface area (Å²) in [5.74, 6) is -3.80. The third-order valence-corrected chi connectivity index (χ3v) is 3.46. The van der Waals surface area contributed by atoms with E-state index in [0.29, 0.717) is 0 Å². The SMILES string of the molecule is COC(=O)C[C@@H]1C(=O)NCCN1C(=O)C(=O)Nc1cccc(F)c1. The number of halogens is 1. The monoisotopic (exact) mass is 337 g/mol. The van der Waals surface area contributed by atoms with Gasteiger partial charge in [-0.25, -0.2) is 4.39 Å². The van der Waals surface area contributed by atoms with Gasteiger partial charge in [-0.2, -0.15) is 0 Å². The van der Waals surface area contributed by atoms with E-state index < -0.39 is 35.5 Å². The lowest BCUT2D eigenvalue weighted by Gasteiger charge is -2.33. The van der Waals surface area contributed by atoms with Crippen molar-refractivity contribution in [3.63, 3.8) is 0 Å². The van der Waals surface area contributed by atoms with E-state index in [1.54, 1.807) is 0 Å². The average Bonchev–Trinajstić information content (AvgIpc) is 2.55. The summed E-state index contributed by atoms with van der Waals surface area (Å²) in [6, 6.07) is 3.92. The van der Waals surface area contributed by atoms with E-state index in [2.05, 4.69) is 15.4 Å². The number of rotatable bonds is 3. The van der Waals surface area contributed by atoms with Gasteiger partial charge in [0.1, 0.15) is 11.9 Å². The number of anilines is 1. The molecule has 2 rings (SSSR count). The van der Waals surface area contributed by atoms with Gasteiger partial charge in [0.2, 0.25) is 5.91 Å². The smallest absolute Gasteiger partial charge is 0.313 e. The summed E-state index contributed by atoms with van der Waals surface area (Å²) < 4.78 is 17.6. The number of carbonyl (C=O) groups is 4. The van der Waals surface area contributed by atoms with Gasteiger partial charge >= 0.3 is 17.8 Å². The Bertz CT molecular complexity index is 679. The third kappa shape index (κ3) is 4.06. The van der Waals surface area contributed by atoms with Crippen molar-refractivity contribution in [2.75, 3.05) is 25.5 Å². The number of nitrogens with zero attached hydrogens (tertiary/aromatic N) is 1. The van der Waals surface area contributed by atoms with Crippen LogP contribution in [0.3, 0.4) is 0 Å². The lowest BCUT2D eigenvalue weighted by Crippen LogP contribution is -2.59. The van der Waals surface area contributed by atoms with Gasteiger partial charge in [0.25, 0.3) is 0 Å². The van der Waals surface area contributed by atoms with E-state index in [4.69, 9.17) is 0 Å². The molecular formula is C15H16FN3O5. The van der Waals surface area contributed by atoms with E-state index in [1.807, 2.05) is 0 Å². The minimum atomic E-state index is -1.13. The second kappa shape index (κ2) is 7.53. The van der Waals surface area contributed by atoms with Gasteiger partial charge in [-0.3, -0.25) is 19.2 Å². The standard InChI is InChI=1S/C15H16FN3O5/c1-24-12(20)8-11-13(21)17-5-6-19(11)15(23)14(22)18-10-4-2-3-9(16)7-10/h2-4,7,11H,5-6,8H2,1H3,(H,17,21)(H,18,22)/t11-/m1/s1. The molecule has 128 valence electrons. The van der Waals surface area contributed by atoms with Crippen LogP contribution in [0.25, 0.3) is 0 Å². The van der Waals surface area contributed by atoms with Crippen LogP contribution in [0.4, 0.5) is 10.1 Å². The van der Waals surface area contributed by atoms with Crippen LogP contribution in [0.1, 0.15) is 6.42 Å². The summed E-state index contributed by atoms with van der Waals surface area (Å²) in [5, 5.41) is 4.79. The average molecular weight is 337 g/mol. The van der Waals surface area contributed by atoms with Crippen molar-refractivity contribution in [2.24, 2.45) is 0 Å². The number of carbonyl (C=O) groups excluding carboxylic acids is 4. The van der Waals surface area contributed by atoms with E-state index >= 15 is 0 Å². The first-order valence-corrected chi connectivity index (χ1v) is 7.14. The van der Waals surface area contributed by atoms with Crippen LogP contribution in [-0.2, 0) is 23.9 Å². The largest absolute Gasteiger partial charge is 0.469 e. The van der Waals surface area contributed by atoms with Crippen molar-refractivity contribution in [3.8, 4) is 0 Å². The highest BCUT2D eigenvalue weighted by atomic mass is 19.1. The van der Waals surface area contributed by atoms with Crippen molar-refractivity contribution in [1.82, 2.24) is 10.2 Å². The highest BCUT2D eigenvalue weighted by Crippen LogP contribution is 2.13. The molecule has 0 aliphatic carbocycles. The lowest BCUT2D eigenvalue weighted by atomic mass is 10.1. The zero-order valence-electron chi connectivity index (χ0n) is 12.9. The van der Waals surface area contributed by atoms with E-state index in [0.717, 1.165) is 18.1 Å². The fourth-order valence-corrected chi connectivity index (χ4v) is 2.28. The second-order valence-electron chi connectivity index (χ2n) is 5.05. The molecule has 0 unspecified atom stereocenters. The van der Waals surface area contributed by atoms with Gasteiger partial charge in [0.05, 0.1) is 13.5 Å². The summed E-state index contributed by atoms with van der Waals surface area (Å²) in [4.78, 5) is 48.7. The minimum absolute atomic E-state index is 0.0722. The zero-order valence-corrected chi connectivity index (χ0v) is 12.9. The fraction of sp³-hybridized carbons (Fsp3) is 0.333. The van der Waals surface area contributed by atoms with Crippen LogP contribution in [0.15, 0.2) is 24.3 Å². The Hall–Kier alpha value is -2.97. The Kier molecular flexibility index (Phi) is 5.46. The fourth-order valence-electron chi connectivity index (χ4n) is 2.28. The summed E-state index contributed by atoms with van der Waals surface area (Å²) in [6.45, 7) is 0.234. The summed E-state index contributed by atoms with van der Waals surface area (Å²) >= 11 is 0. The second-order valence-corrected chi connectivity index (χ2v) is 5.05. The first-order chi connectivity index (χ1) is 11.4. The topological polar surface area (TPSA) is 105 Å². The number of nitrogens with one attached hydrogen (secondary N) is 2. The number of ether oxygens (including phenoxy) is 1. The van der Waals surface area contributed by atoms with Crippen LogP contribution >= 0.6 is 0 Å². The van der Waals surface area contributed by atoms with Crippen molar-refractivity contribution in [1.29, 1.82) is 0 Å². The minimum Gasteiger partial charge on any atom is -0.469 e. The number of benzene rings is 1. The molecule has 1 saturated heterocycles. The Morgan fingerprint density at radius 3 is 2.83 bits per heavy atom. The molecule has 0 radical (unpaired) electrons. The van der Waals surface area contributed by atoms with Gasteiger partial charge in [-0.1, -0.05) is 6.07 Å². The van der Waals surface area contributed by atoms with E-state index in [9.17, 15) is 23.6 Å². The van der Waals surface area contributed by atoms with Gasteiger partial charge in [0.15, 0.2) is 0 Å². The first kappa shape index (κ1) is 17.4. The molecule has 1 aliphatic rings. The molecule has 9 heteroatoms. The van der Waals surface area contributed by atoms with Gasteiger partial charge in [-0.15, -0.1) is 0 Å². The van der Waals surface area contributed by atoms with E-state index in [1.165, 1.54) is 18.2 Å². The van der Waals surface area contributed by atoms with Crippen LogP contribution in [0.5, 0.6) is 0 Å². The number of piperazine rings is 1. The molecule has 8 nitrogen and oxygen atoms in total. The van der Waals surface area contributed by atoms with Crippen molar-refractivity contribution in [3.05, 3.63) is 30.1 Å². The normalized spacial score (nSPS) is 17.0. The van der Waals surface area contributed by atoms with Crippen LogP contribution in [0.2, 0.25) is 0 Å². The molecule has 0 bridgehead atoms. The molecule has 0 aromatic heterocycles. The van der Waals surface area contributed by atoms with Crippen molar-refractivity contribution in [2.45, 2.75) is 12.5 Å². The highest BCUT2D eigenvalue weighted by molar-refractivity contribution is 6.40. The predicted octanol–water partition coefficient (Wildman–Crippen LogP) is -0.346. The predicted molar refractivity (Wildman–Crippen MR) is 80.2 cm³/mol. The third-order valence-electron chi connectivity index (χ3n) is 3.46. The van der Waals surface area contributed by atoms with E-state index in [-0.39, 0.29) is 25.2 Å². The Morgan fingerprint density at radius 2 is 2.17 bits per heavy atom. The van der Waals surface area contributed by atoms with Gasteiger partial charge in [0, 0.05) is 18.8 Å². The van der Waals surface area contributed by atoms with Crippen molar-refractivity contribution < 1.29 is 28.3 Å². The molecule has 0 saturated carbocycles. The summed E-state index contributed by atoms with van der Waals surface area (Å²) in [7, 11) is 1.16. The number of amides is 3. The lowest BCUT2D eigenvalue weighted by molar-refractivity contribution is -0.153. The number of esters is 1. The molecule has 1 atom stereocenters. The highest BCUT2D eigenvalue weighted by Gasteiger charge is 2.37. The number of methoxy groups -OCH3 is 1. The molecule has 1 aliphatic heterocycles. The maximum atomic E-state index is 13.1. The molecule has 1 fully saturated rings. The van der Waals surface area contributed by atoms with Crippen molar-refractivity contribution >= 4 is 29.4 Å². The maximum absolute atomic E-state index is 13.1. The Morgan fingerprint density at radius 1 is 1.42 bits per heavy atom.